The Balaban J connectivity index is 2.15. The molecule has 112 valence electrons. The van der Waals surface area contributed by atoms with Gasteiger partial charge in [0.05, 0.1) is 12.6 Å². The quantitative estimate of drug-likeness (QED) is 0.718. The summed E-state index contributed by atoms with van der Waals surface area (Å²) < 4.78 is 5.29. The lowest BCUT2D eigenvalue weighted by Crippen LogP contribution is -2.16. The Morgan fingerprint density at radius 3 is 2.71 bits per heavy atom. The van der Waals surface area contributed by atoms with Crippen LogP contribution < -0.4 is 11.1 Å². The number of benzene rings is 1. The minimum Gasteiger partial charge on any atom is -0.394 e. The van der Waals surface area contributed by atoms with Gasteiger partial charge in [-0.1, -0.05) is 30.3 Å². The van der Waals surface area contributed by atoms with E-state index in [0.717, 1.165) is 5.56 Å². The second-order valence-electron chi connectivity index (χ2n) is 4.52. The number of rotatable bonds is 7. The highest BCUT2D eigenvalue weighted by molar-refractivity contribution is 5.46. The van der Waals surface area contributed by atoms with Crippen molar-refractivity contribution >= 4 is 11.6 Å². The van der Waals surface area contributed by atoms with Crippen LogP contribution in [0.3, 0.4) is 0 Å². The number of hydrogen-bond donors (Lipinski definition) is 3. The zero-order chi connectivity index (χ0) is 15.1. The van der Waals surface area contributed by atoms with Crippen molar-refractivity contribution < 1.29 is 9.84 Å². The van der Waals surface area contributed by atoms with Gasteiger partial charge in [-0.25, -0.2) is 9.97 Å². The minimum atomic E-state index is -0.250. The predicted molar refractivity (Wildman–Crippen MR) is 81.7 cm³/mol. The van der Waals surface area contributed by atoms with Crippen LogP contribution in [0, 0.1) is 0 Å². The fourth-order valence-electron chi connectivity index (χ4n) is 1.95. The van der Waals surface area contributed by atoms with Crippen molar-refractivity contribution in [2.45, 2.75) is 19.6 Å². The van der Waals surface area contributed by atoms with Crippen molar-refractivity contribution in [2.75, 3.05) is 24.3 Å². The van der Waals surface area contributed by atoms with Gasteiger partial charge in [-0.2, -0.15) is 0 Å². The summed E-state index contributed by atoms with van der Waals surface area (Å²) in [4.78, 5) is 8.46. The molecule has 2 aromatic rings. The van der Waals surface area contributed by atoms with Gasteiger partial charge in [-0.3, -0.25) is 0 Å². The van der Waals surface area contributed by atoms with Crippen LogP contribution in [0.25, 0.3) is 0 Å². The van der Waals surface area contributed by atoms with Crippen molar-refractivity contribution in [3.63, 3.8) is 0 Å². The zero-order valence-corrected chi connectivity index (χ0v) is 12.0. The van der Waals surface area contributed by atoms with Gasteiger partial charge in [0, 0.05) is 12.7 Å². The van der Waals surface area contributed by atoms with Crippen molar-refractivity contribution in [2.24, 2.45) is 0 Å². The van der Waals surface area contributed by atoms with E-state index < -0.39 is 0 Å². The van der Waals surface area contributed by atoms with E-state index in [1.54, 1.807) is 6.07 Å². The molecule has 0 amide bonds. The van der Waals surface area contributed by atoms with Gasteiger partial charge in [-0.05, 0) is 12.5 Å². The number of nitrogen functional groups attached to an aromatic ring is 1. The molecule has 0 aliphatic rings. The third kappa shape index (κ3) is 4.40. The Hall–Kier alpha value is -2.18. The van der Waals surface area contributed by atoms with Crippen LogP contribution in [0.2, 0.25) is 0 Å². The summed E-state index contributed by atoms with van der Waals surface area (Å²) in [7, 11) is 0. The monoisotopic (exact) mass is 288 g/mol. The molecule has 1 heterocycles. The average Bonchev–Trinajstić information content (AvgIpc) is 2.51. The standard InChI is InChI=1S/C15H20N4O2/c1-2-21-10-15-18-13(16)8-14(19-15)17-12(9-20)11-6-4-3-5-7-11/h3-8,12,20H,2,9-10H2,1H3,(H3,16,17,18,19). The molecule has 1 aromatic heterocycles. The largest absolute Gasteiger partial charge is 0.394 e. The van der Waals surface area contributed by atoms with E-state index in [-0.39, 0.29) is 12.6 Å². The third-order valence-electron chi connectivity index (χ3n) is 2.93. The molecule has 0 spiro atoms. The van der Waals surface area contributed by atoms with Crippen LogP contribution in [-0.4, -0.2) is 28.3 Å². The summed E-state index contributed by atoms with van der Waals surface area (Å²) in [6.07, 6.45) is 0. The fourth-order valence-corrected chi connectivity index (χ4v) is 1.95. The molecule has 2 rings (SSSR count). The van der Waals surface area contributed by atoms with E-state index in [1.807, 2.05) is 37.3 Å². The SMILES string of the molecule is CCOCc1nc(N)cc(NC(CO)c2ccccc2)n1. The van der Waals surface area contributed by atoms with Gasteiger partial charge in [0.25, 0.3) is 0 Å². The summed E-state index contributed by atoms with van der Waals surface area (Å²) in [6.45, 7) is 2.76. The van der Waals surface area contributed by atoms with Crippen LogP contribution in [0.4, 0.5) is 11.6 Å². The van der Waals surface area contributed by atoms with Gasteiger partial charge in [0.2, 0.25) is 0 Å². The first-order valence-corrected chi connectivity index (χ1v) is 6.86. The van der Waals surface area contributed by atoms with E-state index in [9.17, 15) is 5.11 Å². The first-order chi connectivity index (χ1) is 10.2. The highest BCUT2D eigenvalue weighted by atomic mass is 16.5. The molecular formula is C15H20N4O2. The molecule has 0 saturated carbocycles. The number of nitrogens with zero attached hydrogens (tertiary/aromatic N) is 2. The molecule has 0 aliphatic carbocycles. The molecule has 6 nitrogen and oxygen atoms in total. The maximum atomic E-state index is 9.56. The van der Waals surface area contributed by atoms with E-state index in [2.05, 4.69) is 15.3 Å². The van der Waals surface area contributed by atoms with E-state index in [4.69, 9.17) is 10.5 Å². The zero-order valence-electron chi connectivity index (χ0n) is 12.0. The molecule has 0 fully saturated rings. The molecule has 0 aliphatic heterocycles. The molecule has 1 atom stereocenters. The number of aliphatic hydroxyl groups is 1. The van der Waals surface area contributed by atoms with Crippen molar-refractivity contribution in [3.8, 4) is 0 Å². The summed E-state index contributed by atoms with van der Waals surface area (Å²) >= 11 is 0. The summed E-state index contributed by atoms with van der Waals surface area (Å²) in [5, 5.41) is 12.7. The van der Waals surface area contributed by atoms with Crippen LogP contribution in [-0.2, 0) is 11.3 Å². The topological polar surface area (TPSA) is 93.3 Å². The Kier molecular flexibility index (Phi) is 5.48. The van der Waals surface area contributed by atoms with Gasteiger partial charge in [-0.15, -0.1) is 0 Å². The number of hydrogen-bond acceptors (Lipinski definition) is 6. The lowest BCUT2D eigenvalue weighted by Gasteiger charge is -2.18. The number of ether oxygens (including phenoxy) is 1. The number of aromatic nitrogens is 2. The Labute approximate surface area is 124 Å². The Bertz CT molecular complexity index is 563. The normalized spacial score (nSPS) is 12.1. The van der Waals surface area contributed by atoms with Gasteiger partial charge in [0.1, 0.15) is 18.2 Å². The summed E-state index contributed by atoms with van der Waals surface area (Å²) in [5.41, 5.74) is 6.75. The van der Waals surface area contributed by atoms with E-state index >= 15 is 0 Å². The van der Waals surface area contributed by atoms with Crippen LogP contribution in [0.15, 0.2) is 36.4 Å². The number of nitrogens with one attached hydrogen (secondary N) is 1. The molecule has 4 N–H and O–H groups in total. The smallest absolute Gasteiger partial charge is 0.158 e. The van der Waals surface area contributed by atoms with Crippen LogP contribution in [0.1, 0.15) is 24.4 Å². The number of aliphatic hydroxyl groups excluding tert-OH is 1. The van der Waals surface area contributed by atoms with Crippen LogP contribution in [0.5, 0.6) is 0 Å². The summed E-state index contributed by atoms with van der Waals surface area (Å²) in [6, 6.07) is 11.1. The van der Waals surface area contributed by atoms with Gasteiger partial charge >= 0.3 is 0 Å². The van der Waals surface area contributed by atoms with E-state index in [0.29, 0.717) is 30.7 Å². The number of nitrogens with two attached hydrogens (primary N) is 1. The fraction of sp³-hybridized carbons (Fsp3) is 0.333. The molecule has 1 unspecified atom stereocenters. The average molecular weight is 288 g/mol. The van der Waals surface area contributed by atoms with Crippen molar-refractivity contribution in [3.05, 3.63) is 47.8 Å². The molecule has 21 heavy (non-hydrogen) atoms. The Morgan fingerprint density at radius 2 is 2.05 bits per heavy atom. The molecule has 0 radical (unpaired) electrons. The molecule has 6 heteroatoms. The van der Waals surface area contributed by atoms with Crippen molar-refractivity contribution in [1.82, 2.24) is 9.97 Å². The molecular weight excluding hydrogens is 268 g/mol. The minimum absolute atomic E-state index is 0.0469. The highest BCUT2D eigenvalue weighted by Crippen LogP contribution is 2.19. The molecule has 1 aromatic carbocycles. The second-order valence-corrected chi connectivity index (χ2v) is 4.52. The highest BCUT2D eigenvalue weighted by Gasteiger charge is 2.11. The van der Waals surface area contributed by atoms with E-state index in [1.165, 1.54) is 0 Å². The molecule has 0 bridgehead atoms. The van der Waals surface area contributed by atoms with Gasteiger partial charge < -0.3 is 20.9 Å². The Morgan fingerprint density at radius 1 is 1.29 bits per heavy atom. The maximum absolute atomic E-state index is 9.56. The predicted octanol–water partition coefficient (Wildman–Crippen LogP) is 1.74. The second kappa shape index (κ2) is 7.56. The first kappa shape index (κ1) is 15.2. The lowest BCUT2D eigenvalue weighted by molar-refractivity contribution is 0.128. The third-order valence-corrected chi connectivity index (χ3v) is 2.93. The molecule has 0 saturated heterocycles. The summed E-state index contributed by atoms with van der Waals surface area (Å²) in [5.74, 6) is 1.45. The maximum Gasteiger partial charge on any atom is 0.158 e. The first-order valence-electron chi connectivity index (χ1n) is 6.86. The van der Waals surface area contributed by atoms with Gasteiger partial charge in [0.15, 0.2) is 5.82 Å². The lowest BCUT2D eigenvalue weighted by atomic mass is 10.1. The van der Waals surface area contributed by atoms with Crippen LogP contribution >= 0.6 is 0 Å². The number of anilines is 2. The van der Waals surface area contributed by atoms with Crippen molar-refractivity contribution in [1.29, 1.82) is 0 Å².